The molecule has 0 saturated carbocycles. The van der Waals surface area contributed by atoms with Crippen molar-refractivity contribution >= 4 is 11.8 Å². The lowest BCUT2D eigenvalue weighted by molar-refractivity contribution is 0.0239. The van der Waals surface area contributed by atoms with Crippen LogP contribution in [0.2, 0.25) is 0 Å². The van der Waals surface area contributed by atoms with Crippen molar-refractivity contribution in [1.82, 2.24) is 15.6 Å². The summed E-state index contributed by atoms with van der Waals surface area (Å²) >= 11 is 0. The number of pyridine rings is 1. The Hall–Kier alpha value is -1.99. The first-order valence-corrected chi connectivity index (χ1v) is 6.53. The summed E-state index contributed by atoms with van der Waals surface area (Å²) in [5.74, 6) is -0.903. The molecular formula is C13H18N4O3. The van der Waals surface area contributed by atoms with Crippen molar-refractivity contribution in [2.24, 2.45) is 5.73 Å². The molecule has 2 rings (SSSR count). The number of carbonyl (C=O) groups is 2. The molecule has 7 nitrogen and oxygen atoms in total. The van der Waals surface area contributed by atoms with Gasteiger partial charge in [0.25, 0.3) is 11.8 Å². The zero-order valence-corrected chi connectivity index (χ0v) is 11.1. The number of morpholine rings is 1. The molecule has 0 radical (unpaired) electrons. The largest absolute Gasteiger partial charge is 0.376 e. The first-order chi connectivity index (χ1) is 9.66. The van der Waals surface area contributed by atoms with Gasteiger partial charge < -0.3 is 21.1 Å². The zero-order chi connectivity index (χ0) is 14.4. The number of hydrogen-bond acceptors (Lipinski definition) is 5. The van der Waals surface area contributed by atoms with Crippen LogP contribution in [0.25, 0.3) is 0 Å². The molecule has 1 aromatic heterocycles. The van der Waals surface area contributed by atoms with Gasteiger partial charge in [0.2, 0.25) is 0 Å². The molecule has 0 aromatic carbocycles. The van der Waals surface area contributed by atoms with Crippen LogP contribution in [-0.2, 0) is 4.74 Å². The summed E-state index contributed by atoms with van der Waals surface area (Å²) in [6.07, 6.45) is 2.26. The van der Waals surface area contributed by atoms with Gasteiger partial charge in [-0.05, 0) is 18.6 Å². The Morgan fingerprint density at radius 3 is 3.10 bits per heavy atom. The third kappa shape index (κ3) is 4.01. The molecule has 1 aliphatic heterocycles. The van der Waals surface area contributed by atoms with Gasteiger partial charge in [-0.1, -0.05) is 0 Å². The van der Waals surface area contributed by atoms with Crippen molar-refractivity contribution in [3.05, 3.63) is 29.6 Å². The van der Waals surface area contributed by atoms with Crippen LogP contribution in [0, 0.1) is 0 Å². The Morgan fingerprint density at radius 2 is 2.40 bits per heavy atom. The van der Waals surface area contributed by atoms with Crippen LogP contribution in [0.15, 0.2) is 18.3 Å². The molecule has 0 aliphatic carbocycles. The van der Waals surface area contributed by atoms with Crippen LogP contribution < -0.4 is 16.4 Å². The van der Waals surface area contributed by atoms with Gasteiger partial charge in [0.05, 0.1) is 12.7 Å². The van der Waals surface area contributed by atoms with E-state index in [1.54, 1.807) is 6.07 Å². The maximum absolute atomic E-state index is 11.9. The molecule has 1 unspecified atom stereocenters. The quantitative estimate of drug-likeness (QED) is 0.659. The summed E-state index contributed by atoms with van der Waals surface area (Å²) in [4.78, 5) is 26.7. The first kappa shape index (κ1) is 14.4. The molecule has 1 atom stereocenters. The minimum atomic E-state index is -0.652. The van der Waals surface area contributed by atoms with E-state index in [1.807, 2.05) is 0 Å². The number of amides is 2. The fourth-order valence-electron chi connectivity index (χ4n) is 1.96. The van der Waals surface area contributed by atoms with Crippen LogP contribution in [0.3, 0.4) is 0 Å². The monoisotopic (exact) mass is 278 g/mol. The standard InChI is InChI=1S/C13H18N4O3/c14-12(18)11-7-9(1-3-16-11)13(19)17-4-2-10-8-15-5-6-20-10/h1,3,7,10,15H,2,4-6,8H2,(H2,14,18)(H,17,19). The van der Waals surface area contributed by atoms with E-state index in [0.717, 1.165) is 19.5 Å². The molecule has 1 fully saturated rings. The van der Waals surface area contributed by atoms with Crippen molar-refractivity contribution in [3.8, 4) is 0 Å². The lowest BCUT2D eigenvalue weighted by Gasteiger charge is -2.23. The van der Waals surface area contributed by atoms with Crippen LogP contribution in [0.5, 0.6) is 0 Å². The number of rotatable bonds is 5. The number of primary amides is 1. The second-order valence-electron chi connectivity index (χ2n) is 4.54. The predicted molar refractivity (Wildman–Crippen MR) is 72.3 cm³/mol. The van der Waals surface area contributed by atoms with Crippen molar-refractivity contribution in [1.29, 1.82) is 0 Å². The van der Waals surface area contributed by atoms with E-state index in [0.29, 0.717) is 18.7 Å². The molecule has 2 amide bonds. The number of aromatic nitrogens is 1. The van der Waals surface area contributed by atoms with Gasteiger partial charge in [-0.3, -0.25) is 14.6 Å². The zero-order valence-electron chi connectivity index (χ0n) is 11.1. The third-order valence-corrected chi connectivity index (χ3v) is 3.03. The van der Waals surface area contributed by atoms with Gasteiger partial charge >= 0.3 is 0 Å². The lowest BCUT2D eigenvalue weighted by Crippen LogP contribution is -2.40. The highest BCUT2D eigenvalue weighted by molar-refractivity contribution is 5.97. The lowest BCUT2D eigenvalue weighted by atomic mass is 10.2. The van der Waals surface area contributed by atoms with E-state index >= 15 is 0 Å². The van der Waals surface area contributed by atoms with E-state index in [2.05, 4.69) is 15.6 Å². The molecule has 20 heavy (non-hydrogen) atoms. The van der Waals surface area contributed by atoms with Gasteiger partial charge in [-0.2, -0.15) is 0 Å². The molecule has 1 aromatic rings. The highest BCUT2D eigenvalue weighted by Gasteiger charge is 2.14. The number of hydrogen-bond donors (Lipinski definition) is 3. The van der Waals surface area contributed by atoms with Crippen LogP contribution in [0.1, 0.15) is 27.3 Å². The van der Waals surface area contributed by atoms with Gasteiger partial charge in [0, 0.05) is 31.4 Å². The average Bonchev–Trinajstić information content (AvgIpc) is 2.48. The fourth-order valence-corrected chi connectivity index (χ4v) is 1.96. The molecule has 2 heterocycles. The molecule has 108 valence electrons. The van der Waals surface area contributed by atoms with E-state index < -0.39 is 5.91 Å². The summed E-state index contributed by atoms with van der Waals surface area (Å²) in [6, 6.07) is 2.93. The number of nitrogens with two attached hydrogens (primary N) is 1. The summed E-state index contributed by atoms with van der Waals surface area (Å²) in [7, 11) is 0. The van der Waals surface area contributed by atoms with Gasteiger partial charge in [0.1, 0.15) is 5.69 Å². The fraction of sp³-hybridized carbons (Fsp3) is 0.462. The highest BCUT2D eigenvalue weighted by Crippen LogP contribution is 2.03. The molecule has 1 aliphatic rings. The maximum atomic E-state index is 11.9. The predicted octanol–water partition coefficient (Wildman–Crippen LogP) is -0.711. The summed E-state index contributed by atoms with van der Waals surface area (Å²) in [5.41, 5.74) is 5.58. The van der Waals surface area contributed by atoms with E-state index in [1.165, 1.54) is 12.3 Å². The molecular weight excluding hydrogens is 260 g/mol. The maximum Gasteiger partial charge on any atom is 0.267 e. The summed E-state index contributed by atoms with van der Waals surface area (Å²) in [5, 5.41) is 6.01. The van der Waals surface area contributed by atoms with Crippen molar-refractivity contribution in [2.75, 3.05) is 26.2 Å². The van der Waals surface area contributed by atoms with E-state index in [4.69, 9.17) is 10.5 Å². The molecule has 1 saturated heterocycles. The smallest absolute Gasteiger partial charge is 0.267 e. The van der Waals surface area contributed by atoms with Crippen molar-refractivity contribution in [3.63, 3.8) is 0 Å². The number of ether oxygens (including phenoxy) is 1. The van der Waals surface area contributed by atoms with E-state index in [-0.39, 0.29) is 17.7 Å². The normalized spacial score (nSPS) is 18.5. The Balaban J connectivity index is 1.82. The highest BCUT2D eigenvalue weighted by atomic mass is 16.5. The molecule has 7 heteroatoms. The van der Waals surface area contributed by atoms with Gasteiger partial charge in [-0.15, -0.1) is 0 Å². The van der Waals surface area contributed by atoms with Gasteiger partial charge in [-0.25, -0.2) is 0 Å². The molecule has 0 bridgehead atoms. The molecule has 0 spiro atoms. The average molecular weight is 278 g/mol. The second-order valence-corrected chi connectivity index (χ2v) is 4.54. The van der Waals surface area contributed by atoms with Crippen molar-refractivity contribution in [2.45, 2.75) is 12.5 Å². The SMILES string of the molecule is NC(=O)c1cc(C(=O)NCCC2CNCCO2)ccn1. The van der Waals surface area contributed by atoms with Crippen LogP contribution in [0.4, 0.5) is 0 Å². The minimum absolute atomic E-state index is 0.0810. The summed E-state index contributed by atoms with van der Waals surface area (Å²) < 4.78 is 5.53. The Labute approximate surface area is 116 Å². The van der Waals surface area contributed by atoms with E-state index in [9.17, 15) is 9.59 Å². The Kier molecular flexibility index (Phi) is 5.03. The minimum Gasteiger partial charge on any atom is -0.376 e. The van der Waals surface area contributed by atoms with Crippen LogP contribution >= 0.6 is 0 Å². The number of nitrogens with one attached hydrogen (secondary N) is 2. The summed E-state index contributed by atoms with van der Waals surface area (Å²) in [6.45, 7) is 2.89. The Morgan fingerprint density at radius 1 is 1.55 bits per heavy atom. The first-order valence-electron chi connectivity index (χ1n) is 6.53. The number of carbonyl (C=O) groups excluding carboxylic acids is 2. The Bertz CT molecular complexity index is 486. The molecule has 4 N–H and O–H groups in total. The topological polar surface area (TPSA) is 106 Å². The van der Waals surface area contributed by atoms with Crippen molar-refractivity contribution < 1.29 is 14.3 Å². The second kappa shape index (κ2) is 6.97. The van der Waals surface area contributed by atoms with Gasteiger partial charge in [0.15, 0.2) is 0 Å². The van der Waals surface area contributed by atoms with Crippen LogP contribution in [-0.4, -0.2) is 49.1 Å². The number of nitrogens with zero attached hydrogens (tertiary/aromatic N) is 1. The third-order valence-electron chi connectivity index (χ3n) is 3.03.